The molecule has 0 spiro atoms. The van der Waals surface area contributed by atoms with Gasteiger partial charge in [0.1, 0.15) is 19.6 Å². The zero-order chi connectivity index (χ0) is 20.4. The average molecular weight is 403 g/mol. The Balaban J connectivity index is 2.32. The maximum atomic E-state index is 5.10. The van der Waals surface area contributed by atoms with Crippen molar-refractivity contribution in [2.45, 2.75) is 45.3 Å². The minimum Gasteiger partial charge on any atom is -0.295 e. The van der Waals surface area contributed by atoms with Crippen molar-refractivity contribution in [1.29, 1.82) is 0 Å². The molecule has 0 atom stereocenters. The van der Waals surface area contributed by atoms with Gasteiger partial charge in [-0.3, -0.25) is 4.57 Å². The Labute approximate surface area is 171 Å². The molecule has 28 heavy (non-hydrogen) atoms. The molecule has 0 saturated heterocycles. The van der Waals surface area contributed by atoms with Crippen molar-refractivity contribution in [3.05, 3.63) is 72.2 Å². The molecule has 0 aliphatic carbocycles. The van der Waals surface area contributed by atoms with Gasteiger partial charge in [-0.05, 0) is 12.1 Å². The van der Waals surface area contributed by atoms with E-state index < -0.39 is 16.1 Å². The van der Waals surface area contributed by atoms with Crippen molar-refractivity contribution in [2.24, 2.45) is 0 Å². The minimum atomic E-state index is -1.50. The van der Waals surface area contributed by atoms with Crippen LogP contribution in [-0.4, -0.2) is 25.7 Å². The lowest BCUT2D eigenvalue weighted by atomic mass is 10.1. The van der Waals surface area contributed by atoms with Crippen molar-refractivity contribution in [3.63, 3.8) is 0 Å². The second kappa shape index (κ2) is 7.94. The standard InChI is InChI=1S/C24H30N2Si2/c1-27(2,3)18-17-22-24(20-13-9-7-10-14-20)26(21-15-11-8-12-16-21)23(25-22)19-28(4,5)6/h7-16H,19H2,1-6H3. The first-order chi connectivity index (χ1) is 13.1. The Morgan fingerprint density at radius 2 is 1.39 bits per heavy atom. The molecule has 0 saturated carbocycles. The van der Waals surface area contributed by atoms with Crippen LogP contribution in [-0.2, 0) is 6.04 Å². The molecule has 0 unspecified atom stereocenters. The highest BCUT2D eigenvalue weighted by Crippen LogP contribution is 2.30. The summed E-state index contributed by atoms with van der Waals surface area (Å²) in [6.45, 7) is 14.0. The van der Waals surface area contributed by atoms with Crippen LogP contribution in [0.15, 0.2) is 60.7 Å². The maximum absolute atomic E-state index is 5.10. The van der Waals surface area contributed by atoms with E-state index in [1.54, 1.807) is 0 Å². The summed E-state index contributed by atoms with van der Waals surface area (Å²) in [4.78, 5) is 5.10. The van der Waals surface area contributed by atoms with Crippen LogP contribution in [0.4, 0.5) is 0 Å². The Hall–Kier alpha value is -2.36. The summed E-state index contributed by atoms with van der Waals surface area (Å²) in [5.74, 6) is 4.59. The number of aromatic nitrogens is 2. The summed E-state index contributed by atoms with van der Waals surface area (Å²) in [6, 6.07) is 22.2. The third-order valence-corrected chi connectivity index (χ3v) is 6.50. The molecule has 1 aromatic heterocycles. The van der Waals surface area contributed by atoms with Gasteiger partial charge in [0.05, 0.1) is 13.8 Å². The Bertz CT molecular complexity index is 996. The smallest absolute Gasteiger partial charge is 0.139 e. The van der Waals surface area contributed by atoms with Gasteiger partial charge >= 0.3 is 0 Å². The lowest BCUT2D eigenvalue weighted by Crippen LogP contribution is -2.26. The highest BCUT2D eigenvalue weighted by molar-refractivity contribution is 6.83. The van der Waals surface area contributed by atoms with Gasteiger partial charge in [-0.25, -0.2) is 4.98 Å². The second-order valence-electron chi connectivity index (χ2n) is 9.50. The van der Waals surface area contributed by atoms with Gasteiger partial charge in [-0.2, -0.15) is 0 Å². The normalized spacial score (nSPS) is 11.8. The fraction of sp³-hybridized carbons (Fsp3) is 0.292. The van der Waals surface area contributed by atoms with Gasteiger partial charge in [0.2, 0.25) is 0 Å². The first kappa shape index (κ1) is 20.4. The van der Waals surface area contributed by atoms with Crippen LogP contribution in [0.5, 0.6) is 0 Å². The number of para-hydroxylation sites is 1. The van der Waals surface area contributed by atoms with Gasteiger partial charge in [0.25, 0.3) is 0 Å². The number of benzene rings is 2. The third kappa shape index (κ3) is 5.12. The van der Waals surface area contributed by atoms with E-state index in [1.807, 2.05) is 0 Å². The van der Waals surface area contributed by atoms with E-state index in [0.29, 0.717) is 0 Å². The number of nitrogens with zero attached hydrogens (tertiary/aromatic N) is 2. The second-order valence-corrected chi connectivity index (χ2v) is 19.7. The molecule has 0 fully saturated rings. The van der Waals surface area contributed by atoms with Crippen LogP contribution in [0.3, 0.4) is 0 Å². The van der Waals surface area contributed by atoms with Gasteiger partial charge in [-0.1, -0.05) is 93.7 Å². The van der Waals surface area contributed by atoms with E-state index in [4.69, 9.17) is 4.98 Å². The first-order valence-electron chi connectivity index (χ1n) is 9.90. The molecule has 0 bridgehead atoms. The molecule has 144 valence electrons. The summed E-state index contributed by atoms with van der Waals surface area (Å²) >= 11 is 0. The SMILES string of the molecule is C[Si](C)(C)C#Cc1nc(C[Si](C)(C)C)n(-c2ccccc2)c1-c1ccccc1. The average Bonchev–Trinajstić information content (AvgIpc) is 2.97. The summed E-state index contributed by atoms with van der Waals surface area (Å²) in [5, 5.41) is 0. The van der Waals surface area contributed by atoms with E-state index in [2.05, 4.69) is 116 Å². The largest absolute Gasteiger partial charge is 0.295 e. The minimum absolute atomic E-state index is 0.908. The summed E-state index contributed by atoms with van der Waals surface area (Å²) in [7, 11) is -2.86. The van der Waals surface area contributed by atoms with Crippen LogP contribution >= 0.6 is 0 Å². The van der Waals surface area contributed by atoms with E-state index in [-0.39, 0.29) is 0 Å². The Kier molecular flexibility index (Phi) is 5.78. The predicted octanol–water partition coefficient (Wildman–Crippen LogP) is 6.19. The summed E-state index contributed by atoms with van der Waals surface area (Å²) in [5.41, 5.74) is 7.88. The topological polar surface area (TPSA) is 17.8 Å². The van der Waals surface area contributed by atoms with E-state index in [9.17, 15) is 0 Å². The predicted molar refractivity (Wildman–Crippen MR) is 126 cm³/mol. The van der Waals surface area contributed by atoms with Crippen molar-refractivity contribution >= 4 is 16.1 Å². The van der Waals surface area contributed by atoms with Crippen LogP contribution in [0, 0.1) is 11.5 Å². The highest BCUT2D eigenvalue weighted by atomic mass is 28.3. The van der Waals surface area contributed by atoms with Crippen molar-refractivity contribution < 1.29 is 0 Å². The molecule has 3 rings (SSSR count). The summed E-state index contributed by atoms with van der Waals surface area (Å²) in [6.07, 6.45) is 0. The van der Waals surface area contributed by atoms with Gasteiger partial charge < -0.3 is 0 Å². The number of hydrogen-bond acceptors (Lipinski definition) is 1. The van der Waals surface area contributed by atoms with Crippen molar-refractivity contribution in [3.8, 4) is 28.4 Å². The van der Waals surface area contributed by atoms with Gasteiger partial charge in [-0.15, -0.1) is 5.54 Å². The zero-order valence-corrected chi connectivity index (χ0v) is 19.9. The molecule has 0 radical (unpaired) electrons. The van der Waals surface area contributed by atoms with Crippen LogP contribution in [0.2, 0.25) is 39.3 Å². The van der Waals surface area contributed by atoms with Crippen LogP contribution < -0.4 is 0 Å². The van der Waals surface area contributed by atoms with E-state index in [0.717, 1.165) is 28.9 Å². The Morgan fingerprint density at radius 1 is 0.821 bits per heavy atom. The molecule has 3 aromatic rings. The van der Waals surface area contributed by atoms with Crippen molar-refractivity contribution in [1.82, 2.24) is 9.55 Å². The van der Waals surface area contributed by atoms with Gasteiger partial charge in [0.15, 0.2) is 0 Å². The molecule has 0 aliphatic rings. The molecule has 2 aromatic carbocycles. The van der Waals surface area contributed by atoms with Crippen LogP contribution in [0.1, 0.15) is 11.5 Å². The van der Waals surface area contributed by atoms with Crippen molar-refractivity contribution in [2.75, 3.05) is 0 Å². The quantitative estimate of drug-likeness (QED) is 0.376. The zero-order valence-electron chi connectivity index (χ0n) is 17.9. The first-order valence-corrected chi connectivity index (χ1v) is 17.1. The maximum Gasteiger partial charge on any atom is 0.139 e. The monoisotopic (exact) mass is 402 g/mol. The van der Waals surface area contributed by atoms with E-state index in [1.165, 1.54) is 5.56 Å². The number of imidazole rings is 1. The number of rotatable bonds is 4. The summed E-state index contributed by atoms with van der Waals surface area (Å²) < 4.78 is 2.34. The molecule has 0 N–H and O–H groups in total. The van der Waals surface area contributed by atoms with E-state index >= 15 is 0 Å². The molecule has 1 heterocycles. The third-order valence-electron chi connectivity index (χ3n) is 4.25. The fourth-order valence-electron chi connectivity index (χ4n) is 3.11. The Morgan fingerprint density at radius 3 is 1.93 bits per heavy atom. The molecular weight excluding hydrogens is 372 g/mol. The molecule has 2 nitrogen and oxygen atoms in total. The number of hydrogen-bond donors (Lipinski definition) is 0. The van der Waals surface area contributed by atoms with Gasteiger partial charge in [0, 0.05) is 17.3 Å². The molecular formula is C24H30N2Si2. The molecule has 0 amide bonds. The fourth-order valence-corrected chi connectivity index (χ4v) is 4.79. The molecule has 4 heteroatoms. The molecule has 0 aliphatic heterocycles. The van der Waals surface area contributed by atoms with Crippen LogP contribution in [0.25, 0.3) is 16.9 Å². The lowest BCUT2D eigenvalue weighted by molar-refractivity contribution is 0.948. The highest BCUT2D eigenvalue weighted by Gasteiger charge is 2.24. The lowest BCUT2D eigenvalue weighted by Gasteiger charge is -2.18.